The van der Waals surface area contributed by atoms with Gasteiger partial charge < -0.3 is 24.4 Å². The number of benzene rings is 3. The lowest BCUT2D eigenvalue weighted by Gasteiger charge is -2.34. The summed E-state index contributed by atoms with van der Waals surface area (Å²) in [6.45, 7) is 4.93. The molecule has 1 fully saturated rings. The molecule has 3 heterocycles. The molecule has 0 spiro atoms. The Kier molecular flexibility index (Phi) is 8.38. The van der Waals surface area contributed by atoms with E-state index >= 15 is 0 Å². The zero-order valence-electron chi connectivity index (χ0n) is 24.7. The summed E-state index contributed by atoms with van der Waals surface area (Å²) in [5.41, 5.74) is 4.41. The fraction of sp³-hybridized carbons (Fsp3) is 0.303. The minimum absolute atomic E-state index is 0.318. The predicted octanol–water partition coefficient (Wildman–Crippen LogP) is 5.98. The van der Waals surface area contributed by atoms with Crippen molar-refractivity contribution >= 4 is 22.7 Å². The van der Waals surface area contributed by atoms with Crippen LogP contribution in [0.2, 0.25) is 0 Å². The summed E-state index contributed by atoms with van der Waals surface area (Å²) in [5.74, 6) is 1.96. The molecule has 1 saturated heterocycles. The van der Waals surface area contributed by atoms with Crippen LogP contribution in [-0.2, 0) is 19.1 Å². The number of fused-ring (bicyclic) bond motifs is 1. The van der Waals surface area contributed by atoms with Gasteiger partial charge >= 0.3 is 6.18 Å². The molecule has 11 heteroatoms. The summed E-state index contributed by atoms with van der Waals surface area (Å²) in [6, 6.07) is 21.4. The highest BCUT2D eigenvalue weighted by molar-refractivity contribution is 5.85. The monoisotopic (exact) mass is 601 g/mol. The molecule has 1 aliphatic rings. The number of anilines is 2. The number of aromatic nitrogens is 4. The minimum Gasteiger partial charge on any atom is -0.497 e. The molecule has 1 aliphatic heterocycles. The number of rotatable bonds is 9. The van der Waals surface area contributed by atoms with E-state index in [4.69, 9.17) is 14.7 Å². The van der Waals surface area contributed by atoms with Crippen LogP contribution in [0.5, 0.6) is 5.75 Å². The lowest BCUT2D eigenvalue weighted by atomic mass is 10.1. The highest BCUT2D eigenvalue weighted by Crippen LogP contribution is 2.30. The molecule has 3 aromatic carbocycles. The number of piperazine rings is 1. The van der Waals surface area contributed by atoms with E-state index in [-0.39, 0.29) is 0 Å². The maximum absolute atomic E-state index is 13.1. The fourth-order valence-corrected chi connectivity index (χ4v) is 5.31. The fourth-order valence-electron chi connectivity index (χ4n) is 5.31. The predicted molar refractivity (Wildman–Crippen MR) is 166 cm³/mol. The van der Waals surface area contributed by atoms with Gasteiger partial charge in [0.1, 0.15) is 11.3 Å². The first-order valence-electron chi connectivity index (χ1n) is 14.6. The molecule has 1 N–H and O–H groups in total. The number of likely N-dealkylation sites (N-methyl/N-ethyl adjacent to an activating group) is 1. The molecule has 6 rings (SSSR count). The number of methoxy groups -OCH3 is 1. The molecular formula is C33H34F3N7O. The van der Waals surface area contributed by atoms with Crippen molar-refractivity contribution in [3.8, 4) is 17.1 Å². The molecular weight excluding hydrogens is 567 g/mol. The quantitative estimate of drug-likeness (QED) is 0.223. The van der Waals surface area contributed by atoms with Gasteiger partial charge in [0.2, 0.25) is 0 Å². The van der Waals surface area contributed by atoms with Gasteiger partial charge in [-0.15, -0.1) is 0 Å². The van der Waals surface area contributed by atoms with Gasteiger partial charge in [-0.3, -0.25) is 0 Å². The Morgan fingerprint density at radius 3 is 2.18 bits per heavy atom. The molecule has 228 valence electrons. The Morgan fingerprint density at radius 1 is 0.841 bits per heavy atom. The molecule has 0 saturated carbocycles. The number of hydrogen-bond acceptors (Lipinski definition) is 7. The smallest absolute Gasteiger partial charge is 0.416 e. The molecule has 8 nitrogen and oxygen atoms in total. The maximum atomic E-state index is 13.1. The number of hydrogen-bond donors (Lipinski definition) is 1. The van der Waals surface area contributed by atoms with Crippen molar-refractivity contribution in [1.82, 2.24) is 24.4 Å². The van der Waals surface area contributed by atoms with Crippen LogP contribution in [0.4, 0.5) is 24.7 Å². The number of nitrogens with one attached hydrogen (secondary N) is 1. The second-order valence-electron chi connectivity index (χ2n) is 11.0. The van der Waals surface area contributed by atoms with Crippen molar-refractivity contribution in [2.24, 2.45) is 0 Å². The first-order chi connectivity index (χ1) is 21.3. The van der Waals surface area contributed by atoms with Crippen LogP contribution in [0.25, 0.3) is 22.6 Å². The molecule has 0 atom stereocenters. The zero-order valence-corrected chi connectivity index (χ0v) is 24.7. The summed E-state index contributed by atoms with van der Waals surface area (Å²) >= 11 is 0. The van der Waals surface area contributed by atoms with Crippen LogP contribution in [0.15, 0.2) is 79.1 Å². The van der Waals surface area contributed by atoms with E-state index in [2.05, 4.69) is 39.3 Å². The third kappa shape index (κ3) is 6.62. The van der Waals surface area contributed by atoms with Gasteiger partial charge in [-0.25, -0.2) is 15.0 Å². The van der Waals surface area contributed by atoms with Crippen LogP contribution < -0.4 is 15.0 Å². The third-order valence-electron chi connectivity index (χ3n) is 7.96. The number of nitrogens with zero attached hydrogens (tertiary/aromatic N) is 6. The van der Waals surface area contributed by atoms with Crippen LogP contribution in [0.3, 0.4) is 0 Å². The third-order valence-corrected chi connectivity index (χ3v) is 7.96. The van der Waals surface area contributed by atoms with E-state index in [1.165, 1.54) is 12.1 Å². The van der Waals surface area contributed by atoms with E-state index < -0.39 is 11.7 Å². The normalized spacial score (nSPS) is 14.2. The lowest BCUT2D eigenvalue weighted by molar-refractivity contribution is -0.137. The van der Waals surface area contributed by atoms with E-state index in [1.54, 1.807) is 13.4 Å². The molecule has 0 radical (unpaired) electrons. The number of ether oxygens (including phenoxy) is 1. The number of imidazole rings is 1. The Hall–Kier alpha value is -4.64. The van der Waals surface area contributed by atoms with Gasteiger partial charge in [0.15, 0.2) is 17.3 Å². The Balaban J connectivity index is 1.29. The van der Waals surface area contributed by atoms with Crippen molar-refractivity contribution in [3.05, 3.63) is 95.8 Å². The van der Waals surface area contributed by atoms with Gasteiger partial charge in [-0.2, -0.15) is 13.2 Å². The summed E-state index contributed by atoms with van der Waals surface area (Å²) < 4.78 is 46.4. The Labute approximate surface area is 254 Å². The Morgan fingerprint density at radius 2 is 1.52 bits per heavy atom. The summed E-state index contributed by atoms with van der Waals surface area (Å²) in [6.07, 6.45) is -1.96. The molecule has 2 aromatic heterocycles. The highest BCUT2D eigenvalue weighted by Gasteiger charge is 2.30. The van der Waals surface area contributed by atoms with Crippen LogP contribution in [0, 0.1) is 0 Å². The molecule has 0 unspecified atom stereocenters. The maximum Gasteiger partial charge on any atom is 0.416 e. The van der Waals surface area contributed by atoms with Crippen molar-refractivity contribution in [2.45, 2.75) is 19.1 Å². The van der Waals surface area contributed by atoms with Crippen LogP contribution in [0.1, 0.15) is 16.7 Å². The number of alkyl halides is 3. The average Bonchev–Trinajstić information content (AvgIpc) is 3.44. The molecule has 5 aromatic rings. The second-order valence-corrected chi connectivity index (χ2v) is 11.0. The summed E-state index contributed by atoms with van der Waals surface area (Å²) in [7, 11) is 3.78. The van der Waals surface area contributed by atoms with Crippen molar-refractivity contribution in [1.29, 1.82) is 0 Å². The summed E-state index contributed by atoms with van der Waals surface area (Å²) in [5, 5.41) is 3.45. The average molecular weight is 602 g/mol. The van der Waals surface area contributed by atoms with E-state index in [1.807, 2.05) is 41.0 Å². The van der Waals surface area contributed by atoms with Gasteiger partial charge in [0.05, 0.1) is 25.5 Å². The van der Waals surface area contributed by atoms with Gasteiger partial charge in [0, 0.05) is 44.0 Å². The largest absolute Gasteiger partial charge is 0.497 e. The van der Waals surface area contributed by atoms with Crippen LogP contribution >= 0.6 is 0 Å². The zero-order chi connectivity index (χ0) is 30.7. The first-order valence-corrected chi connectivity index (χ1v) is 14.6. The lowest BCUT2D eigenvalue weighted by Crippen LogP contribution is -2.44. The highest BCUT2D eigenvalue weighted by atomic mass is 19.4. The molecule has 0 amide bonds. The van der Waals surface area contributed by atoms with E-state index in [9.17, 15) is 13.2 Å². The second kappa shape index (κ2) is 12.5. The van der Waals surface area contributed by atoms with Gasteiger partial charge in [-0.05, 0) is 73.1 Å². The SMILES string of the molecule is COc1ccc(CCNc2nc(-c3ccc(N4CCN(C)CC4)cc3)nc3c2ncn3Cc2ccc(C(F)(F)F)cc2)cc1. The van der Waals surface area contributed by atoms with Crippen molar-refractivity contribution < 1.29 is 17.9 Å². The molecule has 0 bridgehead atoms. The summed E-state index contributed by atoms with van der Waals surface area (Å²) in [4.78, 5) is 19.1. The van der Waals surface area contributed by atoms with Gasteiger partial charge in [0.25, 0.3) is 0 Å². The molecule has 44 heavy (non-hydrogen) atoms. The van der Waals surface area contributed by atoms with Crippen LogP contribution in [-0.4, -0.2) is 71.3 Å². The minimum atomic E-state index is -4.38. The number of halogens is 3. The topological polar surface area (TPSA) is 71.3 Å². The standard InChI is InChI=1S/C33H34F3N7O/c1-41-17-19-42(20-18-41)27-11-7-25(8-12-27)30-39-31(37-16-15-23-5-13-28(44-2)14-6-23)29-32(40-30)43(22-38-29)21-24-3-9-26(10-4-24)33(34,35)36/h3-14,22H,15-21H2,1-2H3,(H,37,39,40). The van der Waals surface area contributed by atoms with E-state index in [0.29, 0.717) is 41.5 Å². The Bertz CT molecular complexity index is 1690. The van der Waals surface area contributed by atoms with Crippen molar-refractivity contribution in [2.75, 3.05) is 57.1 Å². The van der Waals surface area contributed by atoms with E-state index in [0.717, 1.165) is 67.3 Å². The van der Waals surface area contributed by atoms with Gasteiger partial charge in [-0.1, -0.05) is 24.3 Å². The molecule has 0 aliphatic carbocycles. The first kappa shape index (κ1) is 29.4. The van der Waals surface area contributed by atoms with Crippen molar-refractivity contribution in [3.63, 3.8) is 0 Å².